The van der Waals surface area contributed by atoms with Gasteiger partial charge in [0, 0.05) is 4.47 Å². The van der Waals surface area contributed by atoms with Crippen molar-refractivity contribution in [1.82, 2.24) is 0 Å². The minimum absolute atomic E-state index is 0.192. The molecule has 0 aliphatic carbocycles. The maximum atomic E-state index is 13.7. The molecular weight excluding hydrogens is 355 g/mol. The Morgan fingerprint density at radius 2 is 2.19 bits per heavy atom. The number of anilines is 1. The van der Waals surface area contributed by atoms with E-state index in [4.69, 9.17) is 0 Å². The van der Waals surface area contributed by atoms with E-state index in [1.807, 2.05) is 7.05 Å². The third kappa shape index (κ3) is 4.62. The second kappa shape index (κ2) is 7.15. The lowest BCUT2D eigenvalue weighted by Gasteiger charge is -2.14. The van der Waals surface area contributed by atoms with Crippen molar-refractivity contribution in [3.63, 3.8) is 0 Å². The predicted octanol–water partition coefficient (Wildman–Crippen LogP) is 2.61. The van der Waals surface area contributed by atoms with Crippen LogP contribution in [0.2, 0.25) is 0 Å². The first-order valence-electron chi connectivity index (χ1n) is 6.55. The summed E-state index contributed by atoms with van der Waals surface area (Å²) < 4.78 is 14.3. The van der Waals surface area contributed by atoms with Crippen LogP contribution in [-0.2, 0) is 11.3 Å². The van der Waals surface area contributed by atoms with Gasteiger partial charge < -0.3 is 10.2 Å². The fourth-order valence-electron chi connectivity index (χ4n) is 1.98. The van der Waals surface area contributed by atoms with Crippen molar-refractivity contribution in [2.24, 2.45) is 0 Å². The molecule has 0 fully saturated rings. The Balaban J connectivity index is 1.90. The highest BCUT2D eigenvalue weighted by molar-refractivity contribution is 9.10. The number of rotatable bonds is 5. The molecule has 0 saturated heterocycles. The summed E-state index contributed by atoms with van der Waals surface area (Å²) in [4.78, 5) is 14.3. The van der Waals surface area contributed by atoms with Crippen LogP contribution in [0.1, 0.15) is 10.4 Å². The lowest BCUT2D eigenvalue weighted by Crippen LogP contribution is -3.08. The lowest BCUT2D eigenvalue weighted by molar-refractivity contribution is -0.884. The van der Waals surface area contributed by atoms with Crippen LogP contribution in [0.25, 0.3) is 0 Å². The first-order valence-corrected chi connectivity index (χ1v) is 8.22. The summed E-state index contributed by atoms with van der Waals surface area (Å²) in [6.07, 6.45) is 0. The number of benzene rings is 1. The van der Waals surface area contributed by atoms with Crippen molar-refractivity contribution in [3.8, 4) is 0 Å². The maximum Gasteiger partial charge on any atom is 0.279 e. The molecule has 6 heteroatoms. The second-order valence-electron chi connectivity index (χ2n) is 5.01. The van der Waals surface area contributed by atoms with E-state index >= 15 is 0 Å². The lowest BCUT2D eigenvalue weighted by atomic mass is 10.3. The average molecular weight is 372 g/mol. The number of carbonyl (C=O) groups excluding carboxylic acids is 1. The molecule has 1 amide bonds. The number of thiophene rings is 1. The SMILES string of the molecule is Cc1ccsc1C[NH+](C)CC(=O)Nc1ccc(Br)cc1F. The molecule has 1 atom stereocenters. The number of amides is 1. The van der Waals surface area contributed by atoms with E-state index in [9.17, 15) is 9.18 Å². The van der Waals surface area contributed by atoms with Gasteiger partial charge in [-0.05, 0) is 42.1 Å². The van der Waals surface area contributed by atoms with E-state index in [1.54, 1.807) is 23.5 Å². The van der Waals surface area contributed by atoms with Gasteiger partial charge in [0.2, 0.25) is 0 Å². The summed E-state index contributed by atoms with van der Waals surface area (Å²) in [5, 5.41) is 4.66. The van der Waals surface area contributed by atoms with Gasteiger partial charge in [-0.25, -0.2) is 4.39 Å². The molecule has 2 rings (SSSR count). The predicted molar refractivity (Wildman–Crippen MR) is 87.2 cm³/mol. The zero-order valence-corrected chi connectivity index (χ0v) is 14.3. The molecule has 2 N–H and O–H groups in total. The van der Waals surface area contributed by atoms with Crippen LogP contribution in [0.15, 0.2) is 34.1 Å². The molecule has 2 aromatic rings. The molecule has 1 unspecified atom stereocenters. The Morgan fingerprint density at radius 3 is 2.81 bits per heavy atom. The van der Waals surface area contributed by atoms with Gasteiger partial charge in [0.1, 0.15) is 12.4 Å². The van der Waals surface area contributed by atoms with Crippen LogP contribution in [0.4, 0.5) is 10.1 Å². The van der Waals surface area contributed by atoms with Crippen molar-refractivity contribution in [3.05, 3.63) is 50.4 Å². The van der Waals surface area contributed by atoms with Crippen LogP contribution in [0.3, 0.4) is 0 Å². The summed E-state index contributed by atoms with van der Waals surface area (Å²) in [5.41, 5.74) is 1.46. The smallest absolute Gasteiger partial charge is 0.279 e. The quantitative estimate of drug-likeness (QED) is 0.831. The van der Waals surface area contributed by atoms with Gasteiger partial charge in [0.15, 0.2) is 6.54 Å². The molecule has 1 aromatic heterocycles. The zero-order valence-electron chi connectivity index (χ0n) is 11.9. The van der Waals surface area contributed by atoms with E-state index in [0.717, 1.165) is 11.4 Å². The molecule has 1 heterocycles. The second-order valence-corrected chi connectivity index (χ2v) is 6.93. The van der Waals surface area contributed by atoms with E-state index in [1.165, 1.54) is 16.5 Å². The van der Waals surface area contributed by atoms with E-state index < -0.39 is 5.82 Å². The number of nitrogens with one attached hydrogen (secondary N) is 2. The molecule has 0 saturated carbocycles. The molecule has 0 aliphatic heterocycles. The number of hydrogen-bond donors (Lipinski definition) is 2. The molecule has 0 radical (unpaired) electrons. The van der Waals surface area contributed by atoms with Crippen molar-refractivity contribution < 1.29 is 14.1 Å². The minimum Gasteiger partial charge on any atom is -0.325 e. The minimum atomic E-state index is -0.440. The number of quaternary nitrogens is 1. The normalized spacial score (nSPS) is 12.2. The molecule has 3 nitrogen and oxygen atoms in total. The topological polar surface area (TPSA) is 33.5 Å². The van der Waals surface area contributed by atoms with Crippen LogP contribution in [0, 0.1) is 12.7 Å². The van der Waals surface area contributed by atoms with Gasteiger partial charge in [0.05, 0.1) is 17.6 Å². The van der Waals surface area contributed by atoms with Gasteiger partial charge in [-0.15, -0.1) is 11.3 Å². The molecule has 112 valence electrons. The van der Waals surface area contributed by atoms with Crippen molar-refractivity contribution in [1.29, 1.82) is 0 Å². The standard InChI is InChI=1S/C15H16BrFN2OS/c1-10-5-6-21-14(10)8-19(2)9-15(20)18-13-4-3-11(16)7-12(13)17/h3-7H,8-9H2,1-2H3,(H,18,20)/p+1. The maximum absolute atomic E-state index is 13.7. The van der Waals surface area contributed by atoms with Gasteiger partial charge in [-0.3, -0.25) is 4.79 Å². The highest BCUT2D eigenvalue weighted by Crippen LogP contribution is 2.19. The number of hydrogen-bond acceptors (Lipinski definition) is 2. The number of halogens is 2. The van der Waals surface area contributed by atoms with Gasteiger partial charge in [-0.2, -0.15) is 0 Å². The van der Waals surface area contributed by atoms with Crippen LogP contribution in [-0.4, -0.2) is 19.5 Å². The molecule has 0 aliphatic rings. The Morgan fingerprint density at radius 1 is 1.43 bits per heavy atom. The molecule has 21 heavy (non-hydrogen) atoms. The first kappa shape index (κ1) is 16.1. The van der Waals surface area contributed by atoms with Crippen LogP contribution >= 0.6 is 27.3 Å². The Bertz CT molecular complexity index is 644. The molecule has 1 aromatic carbocycles. The fraction of sp³-hybridized carbons (Fsp3) is 0.267. The Kier molecular flexibility index (Phi) is 5.50. The largest absolute Gasteiger partial charge is 0.325 e. The first-order chi connectivity index (χ1) is 9.95. The molecule has 0 bridgehead atoms. The van der Waals surface area contributed by atoms with Crippen molar-refractivity contribution in [2.45, 2.75) is 13.5 Å². The van der Waals surface area contributed by atoms with Crippen molar-refractivity contribution in [2.75, 3.05) is 18.9 Å². The number of likely N-dealkylation sites (N-methyl/N-ethyl adjacent to an activating group) is 1. The van der Waals surface area contributed by atoms with Gasteiger partial charge in [-0.1, -0.05) is 15.9 Å². The summed E-state index contributed by atoms with van der Waals surface area (Å²) in [7, 11) is 1.96. The van der Waals surface area contributed by atoms with Crippen LogP contribution in [0.5, 0.6) is 0 Å². The van der Waals surface area contributed by atoms with E-state index in [-0.39, 0.29) is 11.6 Å². The Hall–Kier alpha value is -1.24. The summed E-state index contributed by atoms with van der Waals surface area (Å²) in [6.45, 7) is 3.16. The monoisotopic (exact) mass is 371 g/mol. The van der Waals surface area contributed by atoms with E-state index in [0.29, 0.717) is 11.0 Å². The third-order valence-corrected chi connectivity index (χ3v) is 4.61. The van der Waals surface area contributed by atoms with E-state index in [2.05, 4.69) is 39.6 Å². The molecule has 0 spiro atoms. The summed E-state index contributed by atoms with van der Waals surface area (Å²) in [5.74, 6) is -0.632. The van der Waals surface area contributed by atoms with Gasteiger partial charge >= 0.3 is 0 Å². The number of carbonyl (C=O) groups is 1. The Labute approximate surface area is 135 Å². The summed E-state index contributed by atoms with van der Waals surface area (Å²) in [6, 6.07) is 6.66. The number of aryl methyl sites for hydroxylation is 1. The fourth-order valence-corrected chi connectivity index (χ4v) is 3.33. The summed E-state index contributed by atoms with van der Waals surface area (Å²) >= 11 is 4.88. The zero-order chi connectivity index (χ0) is 15.4. The highest BCUT2D eigenvalue weighted by atomic mass is 79.9. The van der Waals surface area contributed by atoms with Crippen LogP contribution < -0.4 is 10.2 Å². The average Bonchev–Trinajstić information content (AvgIpc) is 2.78. The third-order valence-electron chi connectivity index (χ3n) is 3.10. The van der Waals surface area contributed by atoms with Gasteiger partial charge in [0.25, 0.3) is 5.91 Å². The molecular formula is C15H17BrFN2OS+. The van der Waals surface area contributed by atoms with Crippen molar-refractivity contribution >= 4 is 38.9 Å². The highest BCUT2D eigenvalue weighted by Gasteiger charge is 2.14.